The molecule has 1 aliphatic heterocycles. The molecule has 1 atom stereocenters. The third-order valence-corrected chi connectivity index (χ3v) is 5.46. The van der Waals surface area contributed by atoms with Gasteiger partial charge in [-0.15, -0.1) is 0 Å². The molecule has 1 unspecified atom stereocenters. The van der Waals surface area contributed by atoms with Crippen molar-refractivity contribution in [3.8, 4) is 22.8 Å². The van der Waals surface area contributed by atoms with E-state index in [0.717, 1.165) is 11.3 Å². The Morgan fingerprint density at radius 1 is 1.10 bits per heavy atom. The number of aromatic hydroxyl groups is 1. The largest absolute Gasteiger partial charge is 0.508 e. The summed E-state index contributed by atoms with van der Waals surface area (Å²) in [4.78, 5) is 19.2. The summed E-state index contributed by atoms with van der Waals surface area (Å²) in [6.07, 6.45) is 1.67. The summed E-state index contributed by atoms with van der Waals surface area (Å²) in [5, 5.41) is 13.2. The van der Waals surface area contributed by atoms with Gasteiger partial charge in [-0.2, -0.15) is 0 Å². The SMILES string of the molecule is COc1cccc(-c2cc(C3(c4ccc(O)cc4)NC(=S)N(C)C3=O)ccn2)c1. The fourth-order valence-electron chi connectivity index (χ4n) is 3.51. The van der Waals surface area contributed by atoms with Crippen LogP contribution in [0.5, 0.6) is 11.5 Å². The van der Waals surface area contributed by atoms with Crippen LogP contribution in [0.4, 0.5) is 0 Å². The van der Waals surface area contributed by atoms with Crippen LogP contribution in [0.25, 0.3) is 11.3 Å². The zero-order chi connectivity index (χ0) is 20.6. The summed E-state index contributed by atoms with van der Waals surface area (Å²) in [6, 6.07) is 17.8. The highest BCUT2D eigenvalue weighted by Crippen LogP contribution is 2.37. The lowest BCUT2D eigenvalue weighted by molar-refractivity contribution is -0.129. The predicted octanol–water partition coefficient (Wildman–Crippen LogP) is 3.05. The minimum atomic E-state index is -1.20. The zero-order valence-electron chi connectivity index (χ0n) is 15.9. The Labute approximate surface area is 173 Å². The molecule has 1 fully saturated rings. The Morgan fingerprint density at radius 3 is 2.52 bits per heavy atom. The summed E-state index contributed by atoms with van der Waals surface area (Å²) < 4.78 is 5.31. The second-order valence-electron chi connectivity index (χ2n) is 6.75. The number of phenols is 1. The van der Waals surface area contributed by atoms with Crippen LogP contribution in [0.15, 0.2) is 66.9 Å². The Bertz CT molecular complexity index is 1100. The number of likely N-dealkylation sites (N-methyl/N-ethyl adjacent to an activating group) is 1. The molecule has 2 aromatic carbocycles. The lowest BCUT2D eigenvalue weighted by Gasteiger charge is -2.28. The van der Waals surface area contributed by atoms with Gasteiger partial charge in [0.25, 0.3) is 5.91 Å². The second kappa shape index (κ2) is 7.18. The number of hydrogen-bond donors (Lipinski definition) is 2. The molecule has 29 heavy (non-hydrogen) atoms. The van der Waals surface area contributed by atoms with E-state index in [9.17, 15) is 9.90 Å². The molecule has 4 rings (SSSR count). The maximum absolute atomic E-state index is 13.3. The first-order valence-electron chi connectivity index (χ1n) is 8.96. The highest BCUT2D eigenvalue weighted by atomic mass is 32.1. The van der Waals surface area contributed by atoms with Gasteiger partial charge in [0.1, 0.15) is 11.5 Å². The number of methoxy groups -OCH3 is 1. The number of benzene rings is 2. The molecule has 0 spiro atoms. The highest BCUT2D eigenvalue weighted by molar-refractivity contribution is 7.80. The third kappa shape index (κ3) is 3.09. The Hall–Kier alpha value is -3.45. The number of nitrogens with one attached hydrogen (secondary N) is 1. The monoisotopic (exact) mass is 405 g/mol. The van der Waals surface area contributed by atoms with Crippen LogP contribution in [0.3, 0.4) is 0 Å². The van der Waals surface area contributed by atoms with Crippen LogP contribution in [0, 0.1) is 0 Å². The van der Waals surface area contributed by atoms with Gasteiger partial charge >= 0.3 is 0 Å². The molecule has 0 bridgehead atoms. The van der Waals surface area contributed by atoms with Gasteiger partial charge in [0.15, 0.2) is 10.7 Å². The minimum Gasteiger partial charge on any atom is -0.508 e. The molecule has 7 heteroatoms. The van der Waals surface area contributed by atoms with Gasteiger partial charge in [-0.3, -0.25) is 14.7 Å². The van der Waals surface area contributed by atoms with Crippen molar-refractivity contribution < 1.29 is 14.6 Å². The lowest BCUT2D eigenvalue weighted by atomic mass is 9.82. The van der Waals surface area contributed by atoms with E-state index in [-0.39, 0.29) is 11.7 Å². The first kappa shape index (κ1) is 18.9. The average molecular weight is 405 g/mol. The molecule has 1 aliphatic rings. The fraction of sp³-hybridized carbons (Fsp3) is 0.136. The third-order valence-electron chi connectivity index (χ3n) is 5.08. The summed E-state index contributed by atoms with van der Waals surface area (Å²) in [5.74, 6) is 0.645. The number of carbonyl (C=O) groups is 1. The Morgan fingerprint density at radius 2 is 1.86 bits per heavy atom. The van der Waals surface area contributed by atoms with Gasteiger partial charge < -0.3 is 15.2 Å². The van der Waals surface area contributed by atoms with Crippen molar-refractivity contribution in [2.75, 3.05) is 14.2 Å². The van der Waals surface area contributed by atoms with Gasteiger partial charge in [0.05, 0.1) is 12.8 Å². The molecule has 1 saturated heterocycles. The molecule has 1 aromatic heterocycles. The second-order valence-corrected chi connectivity index (χ2v) is 7.14. The van der Waals surface area contributed by atoms with Crippen molar-refractivity contribution in [2.24, 2.45) is 0 Å². The number of thiocarbonyl (C=S) groups is 1. The van der Waals surface area contributed by atoms with Crippen molar-refractivity contribution in [1.29, 1.82) is 0 Å². The van der Waals surface area contributed by atoms with E-state index in [1.807, 2.05) is 30.3 Å². The number of hydrogen-bond acceptors (Lipinski definition) is 5. The number of rotatable bonds is 4. The molecule has 1 amide bonds. The van der Waals surface area contributed by atoms with Crippen LogP contribution in [0.2, 0.25) is 0 Å². The molecule has 3 aromatic rings. The summed E-state index contributed by atoms with van der Waals surface area (Å²) in [6.45, 7) is 0. The van der Waals surface area contributed by atoms with Gasteiger partial charge in [0, 0.05) is 18.8 Å². The summed E-state index contributed by atoms with van der Waals surface area (Å²) in [5.41, 5.74) is 1.75. The molecule has 2 heterocycles. The van der Waals surface area contributed by atoms with E-state index < -0.39 is 5.54 Å². The van der Waals surface area contributed by atoms with E-state index >= 15 is 0 Å². The van der Waals surface area contributed by atoms with Crippen LogP contribution in [-0.2, 0) is 10.3 Å². The number of carbonyl (C=O) groups excluding carboxylic acids is 1. The van der Waals surface area contributed by atoms with Crippen LogP contribution < -0.4 is 10.1 Å². The van der Waals surface area contributed by atoms with Crippen LogP contribution in [0.1, 0.15) is 11.1 Å². The van der Waals surface area contributed by atoms with E-state index in [0.29, 0.717) is 21.9 Å². The first-order valence-corrected chi connectivity index (χ1v) is 9.37. The van der Waals surface area contributed by atoms with E-state index in [1.54, 1.807) is 50.7 Å². The Balaban J connectivity index is 1.89. The number of phenolic OH excluding ortho intramolecular Hbond substituents is 1. The molecule has 6 nitrogen and oxygen atoms in total. The van der Waals surface area contributed by atoms with Gasteiger partial charge in [-0.25, -0.2) is 0 Å². The minimum absolute atomic E-state index is 0.122. The average Bonchev–Trinajstić information content (AvgIpc) is 2.99. The molecular formula is C22H19N3O3S. The van der Waals surface area contributed by atoms with Crippen molar-refractivity contribution in [2.45, 2.75) is 5.54 Å². The smallest absolute Gasteiger partial charge is 0.263 e. The quantitative estimate of drug-likeness (QED) is 0.650. The molecule has 146 valence electrons. The topological polar surface area (TPSA) is 74.7 Å². The predicted molar refractivity (Wildman–Crippen MR) is 114 cm³/mol. The summed E-state index contributed by atoms with van der Waals surface area (Å²) >= 11 is 5.37. The molecular weight excluding hydrogens is 386 g/mol. The van der Waals surface area contributed by atoms with Gasteiger partial charge in [0.2, 0.25) is 0 Å². The van der Waals surface area contributed by atoms with Crippen molar-refractivity contribution >= 4 is 23.2 Å². The summed E-state index contributed by atoms with van der Waals surface area (Å²) in [7, 11) is 3.25. The van der Waals surface area contributed by atoms with Crippen LogP contribution in [-0.4, -0.2) is 40.2 Å². The molecule has 0 radical (unpaired) electrons. The van der Waals surface area contributed by atoms with E-state index in [4.69, 9.17) is 17.0 Å². The molecule has 2 N–H and O–H groups in total. The number of pyridine rings is 1. The number of aromatic nitrogens is 1. The highest BCUT2D eigenvalue weighted by Gasteiger charge is 2.51. The number of amides is 1. The first-order chi connectivity index (χ1) is 14.0. The Kier molecular flexibility index (Phi) is 4.68. The fourth-order valence-corrected chi connectivity index (χ4v) is 3.75. The maximum atomic E-state index is 13.3. The van der Waals surface area contributed by atoms with Gasteiger partial charge in [-0.1, -0.05) is 24.3 Å². The van der Waals surface area contributed by atoms with E-state index in [1.165, 1.54) is 4.90 Å². The number of ether oxygens (including phenoxy) is 1. The lowest BCUT2D eigenvalue weighted by Crippen LogP contribution is -2.45. The van der Waals surface area contributed by atoms with Crippen molar-refractivity contribution in [3.63, 3.8) is 0 Å². The van der Waals surface area contributed by atoms with Crippen molar-refractivity contribution in [1.82, 2.24) is 15.2 Å². The van der Waals surface area contributed by atoms with Gasteiger partial charge in [-0.05, 0) is 59.7 Å². The van der Waals surface area contributed by atoms with Crippen molar-refractivity contribution in [3.05, 3.63) is 78.0 Å². The van der Waals surface area contributed by atoms with E-state index in [2.05, 4.69) is 10.3 Å². The normalized spacial score (nSPS) is 18.6. The number of nitrogens with zero attached hydrogens (tertiary/aromatic N) is 2. The molecule has 0 saturated carbocycles. The standard InChI is InChI=1S/C22H19N3O3S/c1-25-20(27)22(24-21(25)29,15-6-8-17(26)9-7-15)16-10-11-23-19(13-16)14-4-3-5-18(12-14)28-2/h3-13,26H,1-2H3,(H,24,29). The maximum Gasteiger partial charge on any atom is 0.263 e. The molecule has 0 aliphatic carbocycles. The van der Waals surface area contributed by atoms with Crippen LogP contribution >= 0.6 is 12.2 Å². The zero-order valence-corrected chi connectivity index (χ0v) is 16.7.